The van der Waals surface area contributed by atoms with Crippen LogP contribution in [0, 0.1) is 5.82 Å². The standard InChI is InChI=1S/C14H19ClFN/c1-10(9-17-14(2,3)4)7-11-5-6-13(16)12(15)8-11/h5-8,17H,9H2,1-4H3/b10-7-. The minimum Gasteiger partial charge on any atom is -0.308 e. The monoisotopic (exact) mass is 255 g/mol. The Bertz CT molecular complexity index is 419. The molecular weight excluding hydrogens is 237 g/mol. The minimum absolute atomic E-state index is 0.0928. The average molecular weight is 256 g/mol. The van der Waals surface area contributed by atoms with Crippen molar-refractivity contribution in [1.82, 2.24) is 5.32 Å². The molecule has 0 unspecified atom stereocenters. The van der Waals surface area contributed by atoms with Crippen LogP contribution in [-0.2, 0) is 0 Å². The summed E-state index contributed by atoms with van der Waals surface area (Å²) in [4.78, 5) is 0. The van der Waals surface area contributed by atoms with Crippen LogP contribution in [0.3, 0.4) is 0 Å². The molecule has 0 aliphatic carbocycles. The van der Waals surface area contributed by atoms with Crippen LogP contribution in [0.4, 0.5) is 4.39 Å². The Balaban J connectivity index is 2.71. The maximum absolute atomic E-state index is 13.0. The highest BCUT2D eigenvalue weighted by Gasteiger charge is 2.07. The lowest BCUT2D eigenvalue weighted by Crippen LogP contribution is -2.36. The SMILES string of the molecule is C/C(=C/c1ccc(F)c(Cl)c1)CNC(C)(C)C. The van der Waals surface area contributed by atoms with Gasteiger partial charge < -0.3 is 5.32 Å². The van der Waals surface area contributed by atoms with E-state index in [-0.39, 0.29) is 16.4 Å². The summed E-state index contributed by atoms with van der Waals surface area (Å²) in [5, 5.41) is 3.55. The van der Waals surface area contributed by atoms with E-state index in [0.29, 0.717) is 0 Å². The Morgan fingerprint density at radius 2 is 2.06 bits per heavy atom. The highest BCUT2D eigenvalue weighted by atomic mass is 35.5. The van der Waals surface area contributed by atoms with E-state index in [0.717, 1.165) is 12.1 Å². The van der Waals surface area contributed by atoms with E-state index in [1.807, 2.05) is 13.0 Å². The molecule has 17 heavy (non-hydrogen) atoms. The van der Waals surface area contributed by atoms with Crippen LogP contribution in [-0.4, -0.2) is 12.1 Å². The molecule has 3 heteroatoms. The first-order valence-electron chi connectivity index (χ1n) is 5.65. The molecular formula is C14H19ClFN. The Kier molecular flexibility index (Phi) is 4.72. The number of rotatable bonds is 3. The molecule has 1 rings (SSSR count). The lowest BCUT2D eigenvalue weighted by atomic mass is 10.1. The number of halogens is 2. The summed E-state index contributed by atoms with van der Waals surface area (Å²) in [6, 6.07) is 4.75. The van der Waals surface area contributed by atoms with Crippen molar-refractivity contribution in [2.24, 2.45) is 0 Å². The Morgan fingerprint density at radius 1 is 1.41 bits per heavy atom. The van der Waals surface area contributed by atoms with Crippen molar-refractivity contribution in [3.05, 3.63) is 40.2 Å². The Labute approximate surface area is 108 Å². The second-order valence-corrected chi connectivity index (χ2v) is 5.67. The fourth-order valence-electron chi connectivity index (χ4n) is 1.34. The van der Waals surface area contributed by atoms with Gasteiger partial charge in [-0.3, -0.25) is 0 Å². The zero-order valence-corrected chi connectivity index (χ0v) is 11.5. The van der Waals surface area contributed by atoms with Gasteiger partial charge in [0.25, 0.3) is 0 Å². The molecule has 0 aliphatic heterocycles. The quantitative estimate of drug-likeness (QED) is 0.851. The van der Waals surface area contributed by atoms with Gasteiger partial charge in [0.15, 0.2) is 0 Å². The topological polar surface area (TPSA) is 12.0 Å². The van der Waals surface area contributed by atoms with E-state index in [1.165, 1.54) is 11.6 Å². The summed E-state index contributed by atoms with van der Waals surface area (Å²) in [5.74, 6) is -0.380. The molecule has 1 aromatic rings. The molecule has 1 N–H and O–H groups in total. The first kappa shape index (κ1) is 14.2. The van der Waals surface area contributed by atoms with Crippen LogP contribution < -0.4 is 5.32 Å². The van der Waals surface area contributed by atoms with Crippen molar-refractivity contribution in [3.8, 4) is 0 Å². The van der Waals surface area contributed by atoms with Gasteiger partial charge in [-0.15, -0.1) is 0 Å². The Morgan fingerprint density at radius 3 is 2.59 bits per heavy atom. The number of hydrogen-bond acceptors (Lipinski definition) is 1. The molecule has 0 bridgehead atoms. The minimum atomic E-state index is -0.380. The smallest absolute Gasteiger partial charge is 0.141 e. The fraction of sp³-hybridized carbons (Fsp3) is 0.429. The van der Waals surface area contributed by atoms with Crippen LogP contribution in [0.2, 0.25) is 5.02 Å². The van der Waals surface area contributed by atoms with Crippen molar-refractivity contribution in [3.63, 3.8) is 0 Å². The van der Waals surface area contributed by atoms with E-state index in [1.54, 1.807) is 12.1 Å². The van der Waals surface area contributed by atoms with Crippen molar-refractivity contribution in [2.45, 2.75) is 33.2 Å². The van der Waals surface area contributed by atoms with E-state index < -0.39 is 0 Å². The number of hydrogen-bond donors (Lipinski definition) is 1. The molecule has 0 amide bonds. The van der Waals surface area contributed by atoms with Crippen LogP contribution in [0.15, 0.2) is 23.8 Å². The maximum Gasteiger partial charge on any atom is 0.141 e. The van der Waals surface area contributed by atoms with Crippen molar-refractivity contribution in [2.75, 3.05) is 6.54 Å². The number of benzene rings is 1. The molecule has 0 saturated heterocycles. The maximum atomic E-state index is 13.0. The summed E-state index contributed by atoms with van der Waals surface area (Å²) in [6.45, 7) is 9.20. The average Bonchev–Trinajstić information content (AvgIpc) is 2.20. The Hall–Kier alpha value is -0.860. The molecule has 0 atom stereocenters. The molecule has 0 fully saturated rings. The highest BCUT2D eigenvalue weighted by Crippen LogP contribution is 2.17. The normalized spacial score (nSPS) is 12.9. The predicted molar refractivity (Wildman–Crippen MR) is 72.8 cm³/mol. The highest BCUT2D eigenvalue weighted by molar-refractivity contribution is 6.30. The molecule has 0 saturated carbocycles. The van der Waals surface area contributed by atoms with Gasteiger partial charge in [0.05, 0.1) is 5.02 Å². The van der Waals surface area contributed by atoms with Crippen LogP contribution in [0.5, 0.6) is 0 Å². The van der Waals surface area contributed by atoms with E-state index >= 15 is 0 Å². The van der Waals surface area contributed by atoms with Crippen molar-refractivity contribution >= 4 is 17.7 Å². The molecule has 94 valence electrons. The summed E-state index contributed by atoms with van der Waals surface area (Å²) in [6.07, 6.45) is 2.00. The summed E-state index contributed by atoms with van der Waals surface area (Å²) >= 11 is 5.73. The lowest BCUT2D eigenvalue weighted by molar-refractivity contribution is 0.445. The summed E-state index contributed by atoms with van der Waals surface area (Å²) < 4.78 is 13.0. The van der Waals surface area contributed by atoms with E-state index in [9.17, 15) is 4.39 Å². The van der Waals surface area contributed by atoms with Gasteiger partial charge in [-0.2, -0.15) is 0 Å². The van der Waals surface area contributed by atoms with Gasteiger partial charge >= 0.3 is 0 Å². The van der Waals surface area contributed by atoms with Crippen LogP contribution in [0.25, 0.3) is 6.08 Å². The van der Waals surface area contributed by atoms with E-state index in [4.69, 9.17) is 11.6 Å². The van der Waals surface area contributed by atoms with Crippen LogP contribution >= 0.6 is 11.6 Å². The van der Waals surface area contributed by atoms with Gasteiger partial charge in [-0.05, 0) is 45.4 Å². The first-order valence-corrected chi connectivity index (χ1v) is 6.03. The first-order chi connectivity index (χ1) is 7.78. The van der Waals surface area contributed by atoms with Gasteiger partial charge in [-0.25, -0.2) is 4.39 Å². The number of nitrogens with one attached hydrogen (secondary N) is 1. The zero-order chi connectivity index (χ0) is 13.1. The van der Waals surface area contributed by atoms with Gasteiger partial charge in [0, 0.05) is 12.1 Å². The zero-order valence-electron chi connectivity index (χ0n) is 10.8. The summed E-state index contributed by atoms with van der Waals surface area (Å²) in [7, 11) is 0. The lowest BCUT2D eigenvalue weighted by Gasteiger charge is -2.20. The van der Waals surface area contributed by atoms with Gasteiger partial charge in [0.2, 0.25) is 0 Å². The van der Waals surface area contributed by atoms with Gasteiger partial charge in [0.1, 0.15) is 5.82 Å². The molecule has 0 aromatic heterocycles. The molecule has 0 radical (unpaired) electrons. The van der Waals surface area contributed by atoms with Crippen molar-refractivity contribution in [1.29, 1.82) is 0 Å². The van der Waals surface area contributed by atoms with E-state index in [2.05, 4.69) is 26.1 Å². The third-order valence-electron chi connectivity index (χ3n) is 2.25. The van der Waals surface area contributed by atoms with Crippen molar-refractivity contribution < 1.29 is 4.39 Å². The third kappa shape index (κ3) is 5.33. The third-order valence-corrected chi connectivity index (χ3v) is 2.54. The van der Waals surface area contributed by atoms with Crippen LogP contribution in [0.1, 0.15) is 33.3 Å². The second-order valence-electron chi connectivity index (χ2n) is 5.27. The molecule has 1 aromatic carbocycles. The van der Waals surface area contributed by atoms with Gasteiger partial charge in [-0.1, -0.05) is 29.3 Å². The second kappa shape index (κ2) is 5.65. The molecule has 1 nitrogen and oxygen atoms in total. The molecule has 0 aliphatic rings. The summed E-state index contributed by atoms with van der Waals surface area (Å²) in [5.41, 5.74) is 2.20. The molecule has 0 spiro atoms. The largest absolute Gasteiger partial charge is 0.308 e. The predicted octanol–water partition coefficient (Wildman–Crippen LogP) is 4.27. The molecule has 0 heterocycles. The fourth-order valence-corrected chi connectivity index (χ4v) is 1.53.